The van der Waals surface area contributed by atoms with Gasteiger partial charge < -0.3 is 4.79 Å². The smallest absolute Gasteiger partial charge is 0.121 e. The largest absolute Gasteiger partial charge is 0.303 e. The molecule has 0 aromatic heterocycles. The second-order valence-electron chi connectivity index (χ2n) is 1.53. The molecule has 4 nitrogen and oxygen atoms in total. The Morgan fingerprint density at radius 1 is 1.67 bits per heavy atom. The summed E-state index contributed by atoms with van der Waals surface area (Å²) in [5.74, 6) is 0.104. The van der Waals surface area contributed by atoms with Crippen LogP contribution in [-0.2, 0) is 4.79 Å². The van der Waals surface area contributed by atoms with Crippen LogP contribution in [0, 0.1) is 0 Å². The van der Waals surface area contributed by atoms with Crippen molar-refractivity contribution in [2.75, 3.05) is 12.8 Å². The molecule has 0 rings (SSSR count). The molecular weight excluding hydrogens is 142 g/mol. The topological polar surface area (TPSA) is 69.6 Å². The predicted molar refractivity (Wildman–Crippen MR) is 37.5 cm³/mol. The fraction of sp³-hybridized carbons (Fsp3) is 0.750. The van der Waals surface area contributed by atoms with E-state index in [4.69, 9.17) is 9.11 Å². The Morgan fingerprint density at radius 3 is 2.56 bits per heavy atom. The van der Waals surface area contributed by atoms with Crippen molar-refractivity contribution in [1.82, 2.24) is 4.72 Å². The van der Waals surface area contributed by atoms with Crippen molar-refractivity contribution in [3.8, 4) is 0 Å². The van der Waals surface area contributed by atoms with Crippen molar-refractivity contribution in [2.24, 2.45) is 0 Å². The van der Waals surface area contributed by atoms with Gasteiger partial charge in [-0.3, -0.25) is 9.11 Å². The normalized spacial score (nSPS) is 13.2. The fourth-order valence-corrected chi connectivity index (χ4v) is 0.944. The van der Waals surface area contributed by atoms with E-state index in [0.29, 0.717) is 6.29 Å². The molecule has 0 saturated heterocycles. The molecule has 0 aromatic rings. The van der Waals surface area contributed by atoms with E-state index in [-0.39, 0.29) is 12.2 Å². The molecule has 0 aliphatic heterocycles. The van der Waals surface area contributed by atoms with Crippen molar-refractivity contribution in [2.45, 2.75) is 6.42 Å². The lowest BCUT2D eigenvalue weighted by Gasteiger charge is -2.29. The number of aldehydes is 1. The Bertz CT molecular complexity index is 95.8. The summed E-state index contributed by atoms with van der Waals surface area (Å²) in [6, 6.07) is 0. The quantitative estimate of drug-likeness (QED) is 0.513. The average molecular weight is 153 g/mol. The lowest BCUT2D eigenvalue weighted by molar-refractivity contribution is -0.107. The summed E-state index contributed by atoms with van der Waals surface area (Å²) in [4.78, 5) is 9.73. The summed E-state index contributed by atoms with van der Waals surface area (Å²) < 4.78 is 20.0. The van der Waals surface area contributed by atoms with Crippen molar-refractivity contribution in [3.63, 3.8) is 0 Å². The molecule has 0 heterocycles. The maximum Gasteiger partial charge on any atom is 0.121 e. The van der Waals surface area contributed by atoms with Gasteiger partial charge in [0.05, 0.1) is 5.75 Å². The highest BCUT2D eigenvalue weighted by Gasteiger charge is 2.05. The third-order valence-corrected chi connectivity index (χ3v) is 2.31. The highest BCUT2D eigenvalue weighted by atomic mass is 32.3. The molecule has 0 aliphatic carbocycles. The fourth-order valence-electron chi connectivity index (χ4n) is 0.315. The molecule has 0 unspecified atom stereocenters. The minimum Gasteiger partial charge on any atom is -0.303 e. The van der Waals surface area contributed by atoms with Crippen LogP contribution in [0.4, 0.5) is 0 Å². The van der Waals surface area contributed by atoms with Crippen LogP contribution >= 0.6 is 10.8 Å². The second kappa shape index (κ2) is 3.84. The standard InChI is InChI=1S/C4H11NO3S/c1-5-9(7,8)4-2-3-6/h3,5,7-8H,2,4H2,1H3. The zero-order valence-corrected chi connectivity index (χ0v) is 6.02. The Hall–Kier alpha value is -0.100. The molecule has 0 bridgehead atoms. The van der Waals surface area contributed by atoms with Gasteiger partial charge in [0.2, 0.25) is 0 Å². The summed E-state index contributed by atoms with van der Waals surface area (Å²) in [7, 11) is -1.22. The van der Waals surface area contributed by atoms with Crippen LogP contribution in [0.25, 0.3) is 0 Å². The Balaban J connectivity index is 3.44. The van der Waals surface area contributed by atoms with Crippen LogP contribution < -0.4 is 4.72 Å². The van der Waals surface area contributed by atoms with Crippen LogP contribution in [0.1, 0.15) is 6.42 Å². The molecule has 0 radical (unpaired) electrons. The van der Waals surface area contributed by atoms with Gasteiger partial charge in [-0.15, -0.1) is 10.8 Å². The van der Waals surface area contributed by atoms with E-state index in [9.17, 15) is 4.79 Å². The lowest BCUT2D eigenvalue weighted by atomic mass is 10.6. The summed E-state index contributed by atoms with van der Waals surface area (Å²) in [6.07, 6.45) is 0.842. The highest BCUT2D eigenvalue weighted by molar-refractivity contribution is 8.22. The first kappa shape index (κ1) is 8.90. The van der Waals surface area contributed by atoms with Gasteiger partial charge in [-0.25, -0.2) is 4.72 Å². The molecular formula is C4H11NO3S. The number of hydrogen-bond acceptors (Lipinski definition) is 4. The molecule has 5 heteroatoms. The first-order chi connectivity index (χ1) is 4.12. The zero-order valence-electron chi connectivity index (χ0n) is 5.20. The predicted octanol–water partition coefficient (Wildman–Crippen LogP) is 0.460. The van der Waals surface area contributed by atoms with Gasteiger partial charge >= 0.3 is 0 Å². The molecule has 0 saturated carbocycles. The number of nitrogens with one attached hydrogen (secondary N) is 1. The van der Waals surface area contributed by atoms with Crippen LogP contribution in [-0.4, -0.2) is 28.2 Å². The van der Waals surface area contributed by atoms with Crippen molar-refractivity contribution >= 4 is 17.1 Å². The van der Waals surface area contributed by atoms with Gasteiger partial charge in [0.15, 0.2) is 0 Å². The molecule has 0 aliphatic rings. The minimum atomic E-state index is -2.66. The zero-order chi connectivity index (χ0) is 7.33. The maximum atomic E-state index is 9.73. The van der Waals surface area contributed by atoms with Gasteiger partial charge in [0.25, 0.3) is 0 Å². The minimum absolute atomic E-state index is 0.104. The van der Waals surface area contributed by atoms with E-state index in [1.165, 1.54) is 7.05 Å². The molecule has 0 aromatic carbocycles. The SMILES string of the molecule is CNS(O)(O)CCC=O. The molecule has 0 amide bonds. The van der Waals surface area contributed by atoms with Gasteiger partial charge in [-0.1, -0.05) is 0 Å². The molecule has 3 N–H and O–H groups in total. The lowest BCUT2D eigenvalue weighted by Crippen LogP contribution is -2.17. The van der Waals surface area contributed by atoms with Crippen molar-refractivity contribution in [1.29, 1.82) is 0 Å². The van der Waals surface area contributed by atoms with E-state index in [1.54, 1.807) is 0 Å². The van der Waals surface area contributed by atoms with Crippen LogP contribution in [0.2, 0.25) is 0 Å². The summed E-state index contributed by atoms with van der Waals surface area (Å²) in [5, 5.41) is 0. The molecule has 0 atom stereocenters. The third kappa shape index (κ3) is 4.41. The monoisotopic (exact) mass is 153 g/mol. The van der Waals surface area contributed by atoms with E-state index in [0.717, 1.165) is 0 Å². The number of carbonyl (C=O) groups is 1. The summed E-state index contributed by atoms with van der Waals surface area (Å²) in [5.41, 5.74) is 0. The first-order valence-electron chi connectivity index (χ1n) is 2.50. The second-order valence-corrected chi connectivity index (χ2v) is 3.68. The van der Waals surface area contributed by atoms with E-state index in [1.807, 2.05) is 0 Å². The Morgan fingerprint density at radius 2 is 2.22 bits per heavy atom. The van der Waals surface area contributed by atoms with E-state index < -0.39 is 10.8 Å². The van der Waals surface area contributed by atoms with Crippen LogP contribution in [0.5, 0.6) is 0 Å². The van der Waals surface area contributed by atoms with Crippen LogP contribution in [0.3, 0.4) is 0 Å². The number of hydrogen-bond donors (Lipinski definition) is 3. The molecule has 0 fully saturated rings. The summed E-state index contributed by atoms with van der Waals surface area (Å²) in [6.45, 7) is 0. The van der Waals surface area contributed by atoms with Gasteiger partial charge in [-0.2, -0.15) is 0 Å². The molecule has 0 spiro atoms. The summed E-state index contributed by atoms with van der Waals surface area (Å²) >= 11 is 0. The van der Waals surface area contributed by atoms with Crippen LogP contribution in [0.15, 0.2) is 0 Å². The first-order valence-corrected chi connectivity index (χ1v) is 4.22. The third-order valence-electron chi connectivity index (χ3n) is 0.847. The van der Waals surface area contributed by atoms with E-state index in [2.05, 4.69) is 4.72 Å². The molecule has 56 valence electrons. The number of rotatable bonds is 4. The van der Waals surface area contributed by atoms with Gasteiger partial charge in [0, 0.05) is 13.5 Å². The van der Waals surface area contributed by atoms with Gasteiger partial charge in [-0.05, 0) is 0 Å². The highest BCUT2D eigenvalue weighted by Crippen LogP contribution is 2.32. The Labute approximate surface area is 55.7 Å². The van der Waals surface area contributed by atoms with Gasteiger partial charge in [0.1, 0.15) is 6.29 Å². The van der Waals surface area contributed by atoms with E-state index >= 15 is 0 Å². The maximum absolute atomic E-state index is 9.73. The number of carbonyl (C=O) groups excluding carboxylic acids is 1. The molecule has 9 heavy (non-hydrogen) atoms. The Kier molecular flexibility index (Phi) is 3.79. The van der Waals surface area contributed by atoms with Crippen molar-refractivity contribution < 1.29 is 13.9 Å². The average Bonchev–Trinajstić information content (AvgIpc) is 1.84. The van der Waals surface area contributed by atoms with Crippen molar-refractivity contribution in [3.05, 3.63) is 0 Å².